The van der Waals surface area contributed by atoms with Gasteiger partial charge in [-0.3, -0.25) is 9.48 Å². The number of amides is 1. The highest BCUT2D eigenvalue weighted by Crippen LogP contribution is 2.18. The summed E-state index contributed by atoms with van der Waals surface area (Å²) in [6, 6.07) is 0. The summed E-state index contributed by atoms with van der Waals surface area (Å²) < 4.78 is 1.37. The van der Waals surface area contributed by atoms with Gasteiger partial charge in [-0.1, -0.05) is 6.92 Å². The minimum atomic E-state index is -1.09. The number of hydrogen-bond donors (Lipinski definition) is 2. The topological polar surface area (TPSA) is 84.2 Å². The zero-order chi connectivity index (χ0) is 12.3. The number of nitrogens with one attached hydrogen (secondary N) is 1. The summed E-state index contributed by atoms with van der Waals surface area (Å²) in [5.74, 6) is -1.05. The first kappa shape index (κ1) is 12.2. The van der Waals surface area contributed by atoms with Crippen molar-refractivity contribution in [1.82, 2.24) is 9.78 Å². The minimum absolute atomic E-state index is 0.0481. The number of carbonyl (C=O) groups is 2. The van der Waals surface area contributed by atoms with Gasteiger partial charge < -0.3 is 10.4 Å². The number of hydrogen-bond acceptors (Lipinski definition) is 3. The van der Waals surface area contributed by atoms with Gasteiger partial charge in [0.05, 0.1) is 5.69 Å². The molecule has 0 bridgehead atoms. The molecule has 0 fully saturated rings. The highest BCUT2D eigenvalue weighted by atomic mass is 16.4. The van der Waals surface area contributed by atoms with Gasteiger partial charge in [-0.15, -0.1) is 0 Å². The van der Waals surface area contributed by atoms with Gasteiger partial charge in [0, 0.05) is 13.5 Å². The van der Waals surface area contributed by atoms with E-state index in [1.165, 1.54) is 4.68 Å². The van der Waals surface area contributed by atoms with Crippen molar-refractivity contribution in [3.63, 3.8) is 0 Å². The van der Waals surface area contributed by atoms with E-state index >= 15 is 0 Å². The van der Waals surface area contributed by atoms with Crippen LogP contribution in [-0.2, 0) is 11.8 Å². The Kier molecular flexibility index (Phi) is 3.65. The summed E-state index contributed by atoms with van der Waals surface area (Å²) in [5.41, 5.74) is 0.439. The lowest BCUT2D eigenvalue weighted by atomic mass is 10.2. The molecule has 88 valence electrons. The number of aromatic nitrogens is 2. The fourth-order valence-electron chi connectivity index (χ4n) is 1.48. The molecule has 1 heterocycles. The van der Waals surface area contributed by atoms with Crippen LogP contribution in [0.15, 0.2) is 0 Å². The molecule has 0 aliphatic heterocycles. The molecule has 1 aromatic rings. The van der Waals surface area contributed by atoms with Crippen LogP contribution in [0.2, 0.25) is 0 Å². The third kappa shape index (κ3) is 2.39. The molecule has 1 rings (SSSR count). The van der Waals surface area contributed by atoms with E-state index in [4.69, 9.17) is 5.11 Å². The van der Waals surface area contributed by atoms with Crippen molar-refractivity contribution in [1.29, 1.82) is 0 Å². The Labute approximate surface area is 93.3 Å². The Morgan fingerprint density at radius 3 is 2.62 bits per heavy atom. The Bertz CT molecular complexity index is 423. The summed E-state index contributed by atoms with van der Waals surface area (Å²) in [5, 5.41) is 15.5. The van der Waals surface area contributed by atoms with Gasteiger partial charge in [0.2, 0.25) is 5.91 Å². The maximum absolute atomic E-state index is 11.4. The van der Waals surface area contributed by atoms with Gasteiger partial charge in [0.15, 0.2) is 0 Å². The molecule has 0 atom stereocenters. The number of carboxylic acids is 1. The summed E-state index contributed by atoms with van der Waals surface area (Å²) in [4.78, 5) is 22.4. The molecule has 0 saturated heterocycles. The highest BCUT2D eigenvalue weighted by molar-refractivity contribution is 6.00. The Morgan fingerprint density at radius 2 is 2.12 bits per heavy atom. The van der Waals surface area contributed by atoms with Crippen molar-refractivity contribution >= 4 is 17.7 Å². The number of carboxylic acid groups (broad SMARTS) is 1. The zero-order valence-electron chi connectivity index (χ0n) is 9.57. The molecule has 0 saturated carbocycles. The lowest BCUT2D eigenvalue weighted by Crippen LogP contribution is -2.16. The Balaban J connectivity index is 3.03. The van der Waals surface area contributed by atoms with Crippen molar-refractivity contribution in [3.05, 3.63) is 11.3 Å². The third-order valence-electron chi connectivity index (χ3n) is 2.17. The fourth-order valence-corrected chi connectivity index (χ4v) is 1.48. The molecule has 1 amide bonds. The molecule has 0 radical (unpaired) electrons. The molecule has 16 heavy (non-hydrogen) atoms. The molecule has 0 aliphatic rings. The maximum atomic E-state index is 11.4. The Morgan fingerprint density at radius 1 is 1.50 bits per heavy atom. The van der Waals surface area contributed by atoms with Crippen molar-refractivity contribution in [2.45, 2.75) is 26.7 Å². The highest BCUT2D eigenvalue weighted by Gasteiger charge is 2.20. The maximum Gasteiger partial charge on any atom is 0.341 e. The summed E-state index contributed by atoms with van der Waals surface area (Å²) in [7, 11) is 1.60. The van der Waals surface area contributed by atoms with Crippen molar-refractivity contribution in [2.75, 3.05) is 5.32 Å². The zero-order valence-corrected chi connectivity index (χ0v) is 9.57. The van der Waals surface area contributed by atoms with Gasteiger partial charge in [0.1, 0.15) is 11.4 Å². The molecular formula is C10H15N3O3. The normalized spacial score (nSPS) is 10.2. The average molecular weight is 225 g/mol. The standard InChI is InChI=1S/C10H15N3O3/c1-4-5-7(14)11-9-8(10(15)16)6(2)12-13(9)3/h4-5H2,1-3H3,(H,11,14)(H,15,16). The predicted octanol–water partition coefficient (Wildman–Crippen LogP) is 1.17. The van der Waals surface area contributed by atoms with E-state index < -0.39 is 5.97 Å². The van der Waals surface area contributed by atoms with Gasteiger partial charge in [-0.25, -0.2) is 4.79 Å². The van der Waals surface area contributed by atoms with Crippen LogP contribution in [0.4, 0.5) is 5.82 Å². The molecule has 0 spiro atoms. The van der Waals surface area contributed by atoms with Crippen LogP contribution in [0.3, 0.4) is 0 Å². The fraction of sp³-hybridized carbons (Fsp3) is 0.500. The van der Waals surface area contributed by atoms with E-state index in [-0.39, 0.29) is 17.3 Å². The first-order chi connectivity index (χ1) is 7.47. The number of aryl methyl sites for hydroxylation is 2. The Hall–Kier alpha value is -1.85. The smallest absolute Gasteiger partial charge is 0.341 e. The SMILES string of the molecule is CCCC(=O)Nc1c(C(=O)O)c(C)nn1C. The minimum Gasteiger partial charge on any atom is -0.477 e. The van der Waals surface area contributed by atoms with Crippen LogP contribution in [0.5, 0.6) is 0 Å². The summed E-state index contributed by atoms with van der Waals surface area (Å²) in [6.45, 7) is 3.48. The quantitative estimate of drug-likeness (QED) is 0.805. The summed E-state index contributed by atoms with van der Waals surface area (Å²) in [6.07, 6.45) is 1.08. The van der Waals surface area contributed by atoms with Crippen LogP contribution in [0, 0.1) is 6.92 Å². The first-order valence-electron chi connectivity index (χ1n) is 5.04. The van der Waals surface area contributed by atoms with E-state index in [0.717, 1.165) is 0 Å². The van der Waals surface area contributed by atoms with Crippen LogP contribution in [0.25, 0.3) is 0 Å². The van der Waals surface area contributed by atoms with Crippen molar-refractivity contribution < 1.29 is 14.7 Å². The molecule has 0 unspecified atom stereocenters. The molecule has 6 heteroatoms. The third-order valence-corrected chi connectivity index (χ3v) is 2.17. The largest absolute Gasteiger partial charge is 0.477 e. The van der Waals surface area contributed by atoms with E-state index in [9.17, 15) is 9.59 Å². The van der Waals surface area contributed by atoms with Crippen LogP contribution < -0.4 is 5.32 Å². The molecule has 6 nitrogen and oxygen atoms in total. The molecule has 0 aromatic carbocycles. The van der Waals surface area contributed by atoms with Gasteiger partial charge in [0.25, 0.3) is 0 Å². The van der Waals surface area contributed by atoms with E-state index in [2.05, 4.69) is 10.4 Å². The van der Waals surface area contributed by atoms with Crippen molar-refractivity contribution in [3.8, 4) is 0 Å². The number of carbonyl (C=O) groups excluding carboxylic acids is 1. The first-order valence-corrected chi connectivity index (χ1v) is 5.04. The number of nitrogens with zero attached hydrogens (tertiary/aromatic N) is 2. The lowest BCUT2D eigenvalue weighted by Gasteiger charge is -2.05. The van der Waals surface area contributed by atoms with Crippen LogP contribution in [0.1, 0.15) is 35.8 Å². The summed E-state index contributed by atoms with van der Waals surface area (Å²) >= 11 is 0. The van der Waals surface area contributed by atoms with Gasteiger partial charge >= 0.3 is 5.97 Å². The van der Waals surface area contributed by atoms with E-state index in [1.54, 1.807) is 14.0 Å². The second-order valence-corrected chi connectivity index (χ2v) is 3.54. The van der Waals surface area contributed by atoms with Gasteiger partial charge in [-0.2, -0.15) is 5.10 Å². The van der Waals surface area contributed by atoms with Gasteiger partial charge in [-0.05, 0) is 13.3 Å². The average Bonchev–Trinajstić information content (AvgIpc) is 2.41. The number of rotatable bonds is 4. The van der Waals surface area contributed by atoms with E-state index in [0.29, 0.717) is 18.5 Å². The van der Waals surface area contributed by atoms with Crippen LogP contribution >= 0.6 is 0 Å². The second-order valence-electron chi connectivity index (χ2n) is 3.54. The monoisotopic (exact) mass is 225 g/mol. The predicted molar refractivity (Wildman–Crippen MR) is 58.4 cm³/mol. The number of aromatic carboxylic acids is 1. The van der Waals surface area contributed by atoms with Crippen molar-refractivity contribution in [2.24, 2.45) is 7.05 Å². The second kappa shape index (κ2) is 4.78. The lowest BCUT2D eigenvalue weighted by molar-refractivity contribution is -0.116. The molecule has 2 N–H and O–H groups in total. The number of anilines is 1. The molecule has 1 aromatic heterocycles. The molecular weight excluding hydrogens is 210 g/mol. The van der Waals surface area contributed by atoms with Crippen LogP contribution in [-0.4, -0.2) is 26.8 Å². The molecule has 0 aliphatic carbocycles. The van der Waals surface area contributed by atoms with E-state index in [1.807, 2.05) is 6.92 Å².